The first-order chi connectivity index (χ1) is 9.91. The molecule has 1 N–H and O–H groups in total. The van der Waals surface area contributed by atoms with Crippen LogP contribution in [0.2, 0.25) is 0 Å². The van der Waals surface area contributed by atoms with Crippen molar-refractivity contribution < 1.29 is 0 Å². The maximum atomic E-state index is 4.72. The standard InChI is InChI=1S/C16H31N5/c1-12(2)15-14(16(19(3)4)21(6)18-15)11-17-10-13-8-7-9-20(13)5/h12-13,17H,7-11H2,1-6H3/t13-/m0/s1. The van der Waals surface area contributed by atoms with E-state index in [1.54, 1.807) is 0 Å². The molecule has 2 rings (SSSR count). The average molecular weight is 293 g/mol. The minimum atomic E-state index is 0.454. The van der Waals surface area contributed by atoms with Gasteiger partial charge in [-0.1, -0.05) is 13.8 Å². The first-order valence-electron chi connectivity index (χ1n) is 8.05. The Bertz CT molecular complexity index is 463. The molecule has 5 heteroatoms. The number of nitrogens with one attached hydrogen (secondary N) is 1. The van der Waals surface area contributed by atoms with Gasteiger partial charge < -0.3 is 15.1 Å². The van der Waals surface area contributed by atoms with E-state index in [0.717, 1.165) is 13.1 Å². The molecule has 5 nitrogen and oxygen atoms in total. The van der Waals surface area contributed by atoms with Crippen molar-refractivity contribution in [3.8, 4) is 0 Å². The molecule has 1 fully saturated rings. The maximum Gasteiger partial charge on any atom is 0.130 e. The molecule has 0 amide bonds. The molecule has 2 heterocycles. The lowest BCUT2D eigenvalue weighted by atomic mass is 10.1. The van der Waals surface area contributed by atoms with E-state index in [9.17, 15) is 0 Å². The third-order valence-electron chi connectivity index (χ3n) is 4.47. The lowest BCUT2D eigenvalue weighted by molar-refractivity contribution is 0.300. The summed E-state index contributed by atoms with van der Waals surface area (Å²) in [7, 11) is 8.45. The number of likely N-dealkylation sites (N-methyl/N-ethyl adjacent to an activating group) is 1. The molecule has 0 bridgehead atoms. The summed E-state index contributed by atoms with van der Waals surface area (Å²) in [6.45, 7) is 7.64. The van der Waals surface area contributed by atoms with Gasteiger partial charge in [-0.2, -0.15) is 5.10 Å². The van der Waals surface area contributed by atoms with Gasteiger partial charge in [-0.15, -0.1) is 0 Å². The van der Waals surface area contributed by atoms with Crippen LogP contribution in [-0.4, -0.2) is 55.0 Å². The van der Waals surface area contributed by atoms with Crippen molar-refractivity contribution in [2.75, 3.05) is 39.1 Å². The third-order valence-corrected chi connectivity index (χ3v) is 4.47. The molecule has 120 valence electrons. The Balaban J connectivity index is 2.07. The predicted molar refractivity (Wildman–Crippen MR) is 89.0 cm³/mol. The van der Waals surface area contributed by atoms with E-state index in [-0.39, 0.29) is 0 Å². The summed E-state index contributed by atoms with van der Waals surface area (Å²) < 4.78 is 2.01. The number of anilines is 1. The maximum absolute atomic E-state index is 4.72. The van der Waals surface area contributed by atoms with Gasteiger partial charge in [0.15, 0.2) is 0 Å². The highest BCUT2D eigenvalue weighted by Gasteiger charge is 2.22. The van der Waals surface area contributed by atoms with Crippen molar-refractivity contribution in [3.05, 3.63) is 11.3 Å². The number of rotatable bonds is 6. The Kier molecular flexibility index (Phi) is 5.27. The van der Waals surface area contributed by atoms with Crippen molar-refractivity contribution in [1.82, 2.24) is 20.0 Å². The summed E-state index contributed by atoms with van der Waals surface area (Å²) in [5.41, 5.74) is 2.56. The molecule has 1 saturated heterocycles. The molecule has 0 aromatic carbocycles. The fourth-order valence-electron chi connectivity index (χ4n) is 3.37. The Hall–Kier alpha value is -1.07. The molecule has 1 aromatic rings. The third kappa shape index (κ3) is 3.58. The smallest absolute Gasteiger partial charge is 0.130 e. The number of hydrogen-bond donors (Lipinski definition) is 1. The van der Waals surface area contributed by atoms with Gasteiger partial charge in [0, 0.05) is 45.8 Å². The minimum absolute atomic E-state index is 0.454. The van der Waals surface area contributed by atoms with Gasteiger partial charge in [0.1, 0.15) is 5.82 Å². The van der Waals surface area contributed by atoms with Crippen LogP contribution >= 0.6 is 0 Å². The van der Waals surface area contributed by atoms with E-state index in [0.29, 0.717) is 12.0 Å². The van der Waals surface area contributed by atoms with Crippen molar-refractivity contribution in [1.29, 1.82) is 0 Å². The zero-order valence-electron chi connectivity index (χ0n) is 14.5. The van der Waals surface area contributed by atoms with Crippen molar-refractivity contribution in [2.24, 2.45) is 7.05 Å². The lowest BCUT2D eigenvalue weighted by Gasteiger charge is -2.21. The fourth-order valence-corrected chi connectivity index (χ4v) is 3.37. The number of aryl methyl sites for hydroxylation is 1. The summed E-state index contributed by atoms with van der Waals surface area (Å²) in [5, 5.41) is 8.38. The van der Waals surface area contributed by atoms with Crippen LogP contribution in [0.5, 0.6) is 0 Å². The van der Waals surface area contributed by atoms with E-state index in [4.69, 9.17) is 5.10 Å². The van der Waals surface area contributed by atoms with Gasteiger partial charge >= 0.3 is 0 Å². The normalized spacial score (nSPS) is 19.7. The van der Waals surface area contributed by atoms with Crippen LogP contribution in [0, 0.1) is 0 Å². The van der Waals surface area contributed by atoms with Crippen molar-refractivity contribution >= 4 is 5.82 Å². The molecule has 0 spiro atoms. The quantitative estimate of drug-likeness (QED) is 0.867. The van der Waals surface area contributed by atoms with Crippen LogP contribution in [0.4, 0.5) is 5.82 Å². The molecule has 1 aromatic heterocycles. The summed E-state index contributed by atoms with van der Waals surface area (Å²) in [6.07, 6.45) is 2.64. The molecule has 21 heavy (non-hydrogen) atoms. The number of aromatic nitrogens is 2. The average Bonchev–Trinajstić information content (AvgIpc) is 2.94. The molecule has 0 unspecified atom stereocenters. The number of hydrogen-bond acceptors (Lipinski definition) is 4. The van der Waals surface area contributed by atoms with E-state index in [2.05, 4.69) is 50.1 Å². The zero-order valence-corrected chi connectivity index (χ0v) is 14.5. The second kappa shape index (κ2) is 6.79. The van der Waals surface area contributed by atoms with Crippen LogP contribution in [0.25, 0.3) is 0 Å². The summed E-state index contributed by atoms with van der Waals surface area (Å²) >= 11 is 0. The summed E-state index contributed by atoms with van der Waals surface area (Å²) in [6, 6.07) is 0.687. The van der Waals surface area contributed by atoms with E-state index < -0.39 is 0 Å². The zero-order chi connectivity index (χ0) is 15.6. The Labute approximate surface area is 129 Å². The van der Waals surface area contributed by atoms with E-state index in [1.165, 1.54) is 36.5 Å². The molecular formula is C16H31N5. The number of likely N-dealkylation sites (tertiary alicyclic amines) is 1. The molecule has 0 aliphatic carbocycles. The first-order valence-corrected chi connectivity index (χ1v) is 8.05. The Morgan fingerprint density at radius 2 is 2.05 bits per heavy atom. The second-order valence-electron chi connectivity index (χ2n) is 6.77. The van der Waals surface area contributed by atoms with Gasteiger partial charge in [-0.25, -0.2) is 0 Å². The predicted octanol–water partition coefficient (Wildman–Crippen LogP) is 1.79. The highest BCUT2D eigenvalue weighted by Crippen LogP contribution is 2.27. The minimum Gasteiger partial charge on any atom is -0.363 e. The van der Waals surface area contributed by atoms with Crippen LogP contribution in [0.15, 0.2) is 0 Å². The molecule has 0 saturated carbocycles. The number of nitrogens with zero attached hydrogens (tertiary/aromatic N) is 4. The summed E-state index contributed by atoms with van der Waals surface area (Å²) in [5.74, 6) is 1.67. The van der Waals surface area contributed by atoms with Gasteiger partial charge in [0.05, 0.1) is 5.69 Å². The van der Waals surface area contributed by atoms with Gasteiger partial charge in [0.2, 0.25) is 0 Å². The monoisotopic (exact) mass is 293 g/mol. The Morgan fingerprint density at radius 3 is 2.57 bits per heavy atom. The topological polar surface area (TPSA) is 36.3 Å². The van der Waals surface area contributed by atoms with Gasteiger partial charge in [-0.05, 0) is 32.4 Å². The van der Waals surface area contributed by atoms with Crippen molar-refractivity contribution in [2.45, 2.75) is 45.2 Å². The highest BCUT2D eigenvalue weighted by atomic mass is 15.4. The van der Waals surface area contributed by atoms with Crippen LogP contribution < -0.4 is 10.2 Å². The molecule has 1 atom stereocenters. The molecular weight excluding hydrogens is 262 g/mol. The van der Waals surface area contributed by atoms with E-state index >= 15 is 0 Å². The first kappa shape index (κ1) is 16.3. The van der Waals surface area contributed by atoms with E-state index in [1.807, 2.05) is 11.7 Å². The largest absolute Gasteiger partial charge is 0.363 e. The highest BCUT2D eigenvalue weighted by molar-refractivity contribution is 5.50. The SMILES string of the molecule is CC(C)c1nn(C)c(N(C)C)c1CNC[C@@H]1CCCN1C. The van der Waals surface area contributed by atoms with Gasteiger partial charge in [0.25, 0.3) is 0 Å². The molecule has 1 aliphatic rings. The molecule has 1 aliphatic heterocycles. The molecule has 0 radical (unpaired) electrons. The second-order valence-corrected chi connectivity index (χ2v) is 6.77. The van der Waals surface area contributed by atoms with Crippen molar-refractivity contribution in [3.63, 3.8) is 0 Å². The summed E-state index contributed by atoms with van der Waals surface area (Å²) in [4.78, 5) is 4.63. The van der Waals surface area contributed by atoms with Crippen LogP contribution in [0.1, 0.15) is 43.9 Å². The van der Waals surface area contributed by atoms with Crippen LogP contribution in [-0.2, 0) is 13.6 Å². The van der Waals surface area contributed by atoms with Crippen LogP contribution in [0.3, 0.4) is 0 Å². The lowest BCUT2D eigenvalue weighted by Crippen LogP contribution is -2.35. The Morgan fingerprint density at radius 1 is 1.33 bits per heavy atom. The fraction of sp³-hybridized carbons (Fsp3) is 0.812. The van der Waals surface area contributed by atoms with Gasteiger partial charge in [-0.3, -0.25) is 4.68 Å².